The Labute approximate surface area is 121 Å². The Kier molecular flexibility index (Phi) is 13.0. The zero-order valence-corrected chi connectivity index (χ0v) is 14.5. The second-order valence-corrected chi connectivity index (χ2v) is 4.84. The van der Waals surface area contributed by atoms with E-state index in [0.29, 0.717) is 5.92 Å². The summed E-state index contributed by atoms with van der Waals surface area (Å²) in [7, 11) is 0. The van der Waals surface area contributed by atoms with Gasteiger partial charge in [-0.15, -0.1) is 0 Å². The Hall–Kier alpha value is -0.370. The normalized spacial score (nSPS) is 9.22. The van der Waals surface area contributed by atoms with E-state index in [2.05, 4.69) is 29.8 Å². The van der Waals surface area contributed by atoms with Gasteiger partial charge in [0.1, 0.15) is 5.82 Å². The lowest BCUT2D eigenvalue weighted by Gasteiger charge is -2.09. The van der Waals surface area contributed by atoms with Crippen LogP contribution >= 0.6 is 15.9 Å². The summed E-state index contributed by atoms with van der Waals surface area (Å²) in [5, 5.41) is 0. The van der Waals surface area contributed by atoms with Crippen LogP contribution in [0.4, 0.5) is 4.39 Å². The third kappa shape index (κ3) is 7.15. The molecular weight excluding hydrogens is 291 g/mol. The van der Waals surface area contributed by atoms with Crippen molar-refractivity contribution in [2.45, 2.75) is 61.3 Å². The van der Waals surface area contributed by atoms with Crippen LogP contribution in [0, 0.1) is 11.7 Å². The molecule has 0 aliphatic rings. The van der Waals surface area contributed by atoms with E-state index >= 15 is 0 Å². The highest BCUT2D eigenvalue weighted by Crippen LogP contribution is 2.23. The summed E-state index contributed by atoms with van der Waals surface area (Å²) < 4.78 is 14.6. The van der Waals surface area contributed by atoms with Crippen LogP contribution in [0.2, 0.25) is 0 Å². The average Bonchev–Trinajstić information content (AvgIpc) is 2.37. The molecule has 1 aromatic carbocycles. The Morgan fingerprint density at radius 3 is 1.94 bits per heavy atom. The minimum absolute atomic E-state index is 0.0706. The molecule has 1 rings (SSSR count). The summed E-state index contributed by atoms with van der Waals surface area (Å²) in [6.07, 6.45) is 1.66. The molecule has 2 heteroatoms. The summed E-state index contributed by atoms with van der Waals surface area (Å²) in [5.74, 6) is 0.419. The summed E-state index contributed by atoms with van der Waals surface area (Å²) >= 11 is 3.46. The summed E-state index contributed by atoms with van der Waals surface area (Å²) in [5.41, 5.74) is 1.85. The van der Waals surface area contributed by atoms with Gasteiger partial charge in [-0.2, -0.15) is 0 Å². The van der Waals surface area contributed by atoms with Gasteiger partial charge in [0.05, 0.1) is 0 Å². The fourth-order valence-corrected chi connectivity index (χ4v) is 2.17. The summed E-state index contributed by atoms with van der Waals surface area (Å²) in [6.45, 7) is 14.2. The van der Waals surface area contributed by atoms with Crippen LogP contribution in [0.25, 0.3) is 0 Å². The molecule has 0 bridgehead atoms. The third-order valence-corrected chi connectivity index (χ3v) is 2.96. The average molecular weight is 319 g/mol. The molecule has 0 aliphatic heterocycles. The molecule has 18 heavy (non-hydrogen) atoms. The standard InChI is InChI=1S/C12H16BrF.2C2H6/c1-4-9-7-12(14)10(5-8(2)3)6-11(9)13;2*1-2/h6-8H,4-5H2,1-3H3;2*1-2H3. The number of hydrogen-bond acceptors (Lipinski definition) is 0. The fraction of sp³-hybridized carbons (Fsp3) is 0.625. The van der Waals surface area contributed by atoms with Gasteiger partial charge in [0.25, 0.3) is 0 Å². The SMILES string of the molecule is CC.CC.CCc1cc(F)c(CC(C)C)cc1Br. The first-order valence-corrected chi connectivity index (χ1v) is 7.80. The molecule has 0 atom stereocenters. The van der Waals surface area contributed by atoms with Crippen molar-refractivity contribution in [2.75, 3.05) is 0 Å². The monoisotopic (exact) mass is 318 g/mol. The Morgan fingerprint density at radius 1 is 1.06 bits per heavy atom. The topological polar surface area (TPSA) is 0 Å². The van der Waals surface area contributed by atoms with Crippen molar-refractivity contribution in [1.82, 2.24) is 0 Å². The van der Waals surface area contributed by atoms with Crippen molar-refractivity contribution in [1.29, 1.82) is 0 Å². The molecule has 1 aromatic rings. The van der Waals surface area contributed by atoms with Crippen LogP contribution in [-0.4, -0.2) is 0 Å². The van der Waals surface area contributed by atoms with Gasteiger partial charge in [-0.25, -0.2) is 4.39 Å². The molecule has 0 spiro atoms. The molecular formula is C16H28BrF. The van der Waals surface area contributed by atoms with E-state index in [0.717, 1.165) is 28.4 Å². The molecule has 0 heterocycles. The molecule has 0 amide bonds. The highest BCUT2D eigenvalue weighted by atomic mass is 79.9. The third-order valence-electron chi connectivity index (χ3n) is 2.22. The van der Waals surface area contributed by atoms with Crippen molar-refractivity contribution >= 4 is 15.9 Å². The molecule has 0 saturated heterocycles. The number of aryl methyl sites for hydroxylation is 1. The van der Waals surface area contributed by atoms with Crippen molar-refractivity contribution in [3.05, 3.63) is 33.5 Å². The van der Waals surface area contributed by atoms with E-state index in [-0.39, 0.29) is 5.82 Å². The smallest absolute Gasteiger partial charge is 0.126 e. The lowest BCUT2D eigenvalue weighted by molar-refractivity contribution is 0.572. The minimum atomic E-state index is -0.0706. The minimum Gasteiger partial charge on any atom is -0.207 e. The van der Waals surface area contributed by atoms with Crippen molar-refractivity contribution in [3.63, 3.8) is 0 Å². The van der Waals surface area contributed by atoms with Gasteiger partial charge >= 0.3 is 0 Å². The lowest BCUT2D eigenvalue weighted by Crippen LogP contribution is -1.99. The van der Waals surface area contributed by atoms with Crippen LogP contribution in [-0.2, 0) is 12.8 Å². The van der Waals surface area contributed by atoms with E-state index in [1.54, 1.807) is 6.07 Å². The molecule has 0 unspecified atom stereocenters. The van der Waals surface area contributed by atoms with Crippen LogP contribution in [0.5, 0.6) is 0 Å². The van der Waals surface area contributed by atoms with E-state index in [1.165, 1.54) is 0 Å². The zero-order chi connectivity index (χ0) is 14.7. The molecule has 0 saturated carbocycles. The van der Waals surface area contributed by atoms with Crippen LogP contribution in [0.15, 0.2) is 16.6 Å². The first-order chi connectivity index (χ1) is 8.54. The van der Waals surface area contributed by atoms with Gasteiger partial charge in [0.2, 0.25) is 0 Å². The van der Waals surface area contributed by atoms with Crippen LogP contribution < -0.4 is 0 Å². The molecule has 0 aromatic heterocycles. The predicted octanol–water partition coefficient (Wildman–Crippen LogP) is 6.40. The van der Waals surface area contributed by atoms with E-state index in [9.17, 15) is 4.39 Å². The van der Waals surface area contributed by atoms with E-state index in [4.69, 9.17) is 0 Å². The van der Waals surface area contributed by atoms with E-state index in [1.807, 2.05) is 40.7 Å². The number of halogens is 2. The Bertz CT molecular complexity index is 319. The molecule has 0 aliphatic carbocycles. The maximum Gasteiger partial charge on any atom is 0.126 e. The van der Waals surface area contributed by atoms with Gasteiger partial charge in [-0.3, -0.25) is 0 Å². The molecule has 0 N–H and O–H groups in total. The second kappa shape index (κ2) is 11.7. The predicted molar refractivity (Wildman–Crippen MR) is 84.7 cm³/mol. The summed E-state index contributed by atoms with van der Waals surface area (Å²) in [4.78, 5) is 0. The molecule has 0 fully saturated rings. The number of hydrogen-bond donors (Lipinski definition) is 0. The fourth-order valence-electron chi connectivity index (χ4n) is 1.50. The van der Waals surface area contributed by atoms with E-state index < -0.39 is 0 Å². The maximum absolute atomic E-state index is 13.6. The highest BCUT2D eigenvalue weighted by molar-refractivity contribution is 9.10. The Balaban J connectivity index is 0. The second-order valence-electron chi connectivity index (χ2n) is 3.99. The first-order valence-electron chi connectivity index (χ1n) is 7.01. The Morgan fingerprint density at radius 2 is 1.56 bits per heavy atom. The van der Waals surface area contributed by atoms with Crippen LogP contribution in [0.3, 0.4) is 0 Å². The molecule has 106 valence electrons. The van der Waals surface area contributed by atoms with Gasteiger partial charge in [0.15, 0.2) is 0 Å². The number of benzene rings is 1. The zero-order valence-electron chi connectivity index (χ0n) is 12.9. The van der Waals surface area contributed by atoms with Gasteiger partial charge in [-0.05, 0) is 42.0 Å². The highest BCUT2D eigenvalue weighted by Gasteiger charge is 2.08. The van der Waals surface area contributed by atoms with Crippen molar-refractivity contribution < 1.29 is 4.39 Å². The van der Waals surface area contributed by atoms with Crippen LogP contribution in [0.1, 0.15) is 59.6 Å². The van der Waals surface area contributed by atoms with Gasteiger partial charge < -0.3 is 0 Å². The quantitative estimate of drug-likeness (QED) is 0.604. The maximum atomic E-state index is 13.6. The van der Waals surface area contributed by atoms with Crippen molar-refractivity contribution in [2.24, 2.45) is 5.92 Å². The van der Waals surface area contributed by atoms with Gasteiger partial charge in [-0.1, -0.05) is 64.4 Å². The van der Waals surface area contributed by atoms with Gasteiger partial charge in [0, 0.05) is 4.47 Å². The van der Waals surface area contributed by atoms with Crippen molar-refractivity contribution in [3.8, 4) is 0 Å². The first kappa shape index (κ1) is 20.0. The largest absolute Gasteiger partial charge is 0.207 e. The lowest BCUT2D eigenvalue weighted by atomic mass is 10.0. The number of rotatable bonds is 3. The summed E-state index contributed by atoms with van der Waals surface area (Å²) in [6, 6.07) is 3.55. The molecule has 0 radical (unpaired) electrons. The molecule has 0 nitrogen and oxygen atoms in total.